The molecule has 0 spiro atoms. The van der Waals surface area contributed by atoms with Crippen molar-refractivity contribution >= 4 is 11.6 Å². The molecule has 0 saturated carbocycles. The molecule has 0 aliphatic rings. The predicted molar refractivity (Wildman–Crippen MR) is 62.2 cm³/mol. The minimum Gasteiger partial charge on any atom is -0.166 e. The molecule has 2 aromatic rings. The van der Waals surface area contributed by atoms with Crippen LogP contribution < -0.4 is 0 Å². The normalized spacial score (nSPS) is 11.6. The van der Waals surface area contributed by atoms with Crippen LogP contribution in [0.15, 0.2) is 30.3 Å². The van der Waals surface area contributed by atoms with E-state index in [-0.39, 0.29) is 5.02 Å². The van der Waals surface area contributed by atoms with Crippen molar-refractivity contribution in [2.24, 2.45) is 0 Å². The van der Waals surface area contributed by atoms with Crippen LogP contribution in [-0.2, 0) is 6.18 Å². The van der Waals surface area contributed by atoms with Crippen molar-refractivity contribution in [3.05, 3.63) is 46.6 Å². The van der Waals surface area contributed by atoms with E-state index in [1.807, 2.05) is 0 Å². The van der Waals surface area contributed by atoms with Crippen LogP contribution in [0.4, 0.5) is 13.2 Å². The summed E-state index contributed by atoms with van der Waals surface area (Å²) in [5.41, 5.74) is 0.862. The molecule has 0 aliphatic heterocycles. The number of rotatable bonds is 1. The van der Waals surface area contributed by atoms with Gasteiger partial charge in [-0.15, -0.1) is 0 Å². The van der Waals surface area contributed by atoms with Crippen LogP contribution in [0.25, 0.3) is 11.3 Å². The third-order valence-corrected chi connectivity index (χ3v) is 2.68. The summed E-state index contributed by atoms with van der Waals surface area (Å²) in [6.45, 7) is 1.77. The van der Waals surface area contributed by atoms with Crippen LogP contribution in [0.2, 0.25) is 5.02 Å². The van der Waals surface area contributed by atoms with Crippen LogP contribution in [-0.4, -0.2) is 10.2 Å². The second-order valence-corrected chi connectivity index (χ2v) is 4.16. The third-order valence-electron chi connectivity index (χ3n) is 2.37. The maximum Gasteiger partial charge on any atom is 0.417 e. The molecule has 0 fully saturated rings. The van der Waals surface area contributed by atoms with E-state index in [0.717, 1.165) is 11.8 Å². The van der Waals surface area contributed by atoms with E-state index < -0.39 is 11.7 Å². The highest BCUT2D eigenvalue weighted by Gasteiger charge is 2.33. The van der Waals surface area contributed by atoms with Gasteiger partial charge in [0.05, 0.1) is 22.0 Å². The Balaban J connectivity index is 2.43. The molecule has 0 unspecified atom stereocenters. The molecule has 0 N–H and O–H groups in total. The van der Waals surface area contributed by atoms with Crippen LogP contribution in [0, 0.1) is 6.92 Å². The monoisotopic (exact) mass is 272 g/mol. The maximum absolute atomic E-state index is 12.5. The molecular weight excluding hydrogens is 265 g/mol. The van der Waals surface area contributed by atoms with Gasteiger partial charge in [0.15, 0.2) is 0 Å². The number of benzene rings is 1. The molecule has 0 bridgehead atoms. The van der Waals surface area contributed by atoms with Crippen molar-refractivity contribution < 1.29 is 13.2 Å². The lowest BCUT2D eigenvalue weighted by Gasteiger charge is -2.09. The number of aryl methyl sites for hydroxylation is 1. The minimum absolute atomic E-state index is 0.345. The highest BCUT2D eigenvalue weighted by Crippen LogP contribution is 2.36. The Morgan fingerprint density at radius 2 is 1.78 bits per heavy atom. The first-order valence-corrected chi connectivity index (χ1v) is 5.43. The molecule has 94 valence electrons. The van der Waals surface area contributed by atoms with E-state index in [9.17, 15) is 13.2 Å². The molecule has 6 heteroatoms. The molecule has 1 aromatic carbocycles. The average molecular weight is 273 g/mol. The van der Waals surface area contributed by atoms with Crippen LogP contribution in [0.5, 0.6) is 0 Å². The largest absolute Gasteiger partial charge is 0.417 e. The number of nitrogens with zero attached hydrogens (tertiary/aromatic N) is 2. The van der Waals surface area contributed by atoms with Crippen molar-refractivity contribution in [1.82, 2.24) is 10.2 Å². The van der Waals surface area contributed by atoms with Gasteiger partial charge in [-0.1, -0.05) is 17.7 Å². The number of alkyl halides is 3. The number of hydrogen-bond donors (Lipinski definition) is 0. The second-order valence-electron chi connectivity index (χ2n) is 3.75. The summed E-state index contributed by atoms with van der Waals surface area (Å²) in [6, 6.07) is 6.92. The van der Waals surface area contributed by atoms with Crippen molar-refractivity contribution in [2.75, 3.05) is 0 Å². The fourth-order valence-electron chi connectivity index (χ4n) is 1.46. The molecule has 1 heterocycles. The lowest BCUT2D eigenvalue weighted by atomic mass is 10.1. The van der Waals surface area contributed by atoms with E-state index in [0.29, 0.717) is 11.3 Å². The lowest BCUT2D eigenvalue weighted by Crippen LogP contribution is -2.05. The van der Waals surface area contributed by atoms with Gasteiger partial charge in [-0.05, 0) is 31.2 Å². The standard InChI is InChI=1S/C12H8ClF3N2/c1-7-2-5-11(18-17-7)8-3-4-9(10(13)6-8)12(14,15)16/h2-6H,1H3. The van der Waals surface area contributed by atoms with Crippen LogP contribution >= 0.6 is 11.6 Å². The third kappa shape index (κ3) is 2.61. The summed E-state index contributed by atoms with van der Waals surface area (Å²) in [7, 11) is 0. The Morgan fingerprint density at radius 3 is 2.28 bits per heavy atom. The SMILES string of the molecule is Cc1ccc(-c2ccc(C(F)(F)F)c(Cl)c2)nn1. The second kappa shape index (κ2) is 4.57. The predicted octanol–water partition coefficient (Wildman–Crippen LogP) is 4.12. The molecule has 0 aliphatic carbocycles. The van der Waals surface area contributed by atoms with Crippen LogP contribution in [0.3, 0.4) is 0 Å². The van der Waals surface area contributed by atoms with Gasteiger partial charge in [-0.25, -0.2) is 0 Å². The van der Waals surface area contributed by atoms with E-state index >= 15 is 0 Å². The van der Waals surface area contributed by atoms with E-state index in [4.69, 9.17) is 11.6 Å². The summed E-state index contributed by atoms with van der Waals surface area (Å²) in [5.74, 6) is 0. The van der Waals surface area contributed by atoms with Gasteiger partial charge in [0.25, 0.3) is 0 Å². The highest BCUT2D eigenvalue weighted by atomic mass is 35.5. The first-order valence-electron chi connectivity index (χ1n) is 5.05. The number of halogens is 4. The Hall–Kier alpha value is -1.62. The van der Waals surface area contributed by atoms with Gasteiger partial charge in [0, 0.05) is 5.56 Å². The van der Waals surface area contributed by atoms with Gasteiger partial charge in [0.1, 0.15) is 0 Å². The molecule has 1 aromatic heterocycles. The van der Waals surface area contributed by atoms with E-state index in [1.165, 1.54) is 12.1 Å². The summed E-state index contributed by atoms with van der Waals surface area (Å²) < 4.78 is 37.6. The molecule has 0 radical (unpaired) electrons. The van der Waals surface area contributed by atoms with Crippen LogP contribution in [0.1, 0.15) is 11.3 Å². The zero-order valence-electron chi connectivity index (χ0n) is 9.29. The van der Waals surface area contributed by atoms with Crippen molar-refractivity contribution in [3.63, 3.8) is 0 Å². The summed E-state index contributed by atoms with van der Waals surface area (Å²) >= 11 is 5.63. The first-order chi connectivity index (χ1) is 8.38. The van der Waals surface area contributed by atoms with Gasteiger partial charge in [-0.2, -0.15) is 23.4 Å². The van der Waals surface area contributed by atoms with E-state index in [2.05, 4.69) is 10.2 Å². The van der Waals surface area contributed by atoms with Gasteiger partial charge >= 0.3 is 6.18 Å². The van der Waals surface area contributed by atoms with Gasteiger partial charge in [0.2, 0.25) is 0 Å². The molecular formula is C12H8ClF3N2. The zero-order valence-corrected chi connectivity index (χ0v) is 10.0. The molecule has 2 nitrogen and oxygen atoms in total. The quantitative estimate of drug-likeness (QED) is 0.780. The molecule has 0 amide bonds. The Morgan fingerprint density at radius 1 is 1.06 bits per heavy atom. The van der Waals surface area contributed by atoms with E-state index in [1.54, 1.807) is 19.1 Å². The fourth-order valence-corrected chi connectivity index (χ4v) is 1.74. The number of aromatic nitrogens is 2. The molecule has 18 heavy (non-hydrogen) atoms. The Kier molecular flexibility index (Phi) is 3.26. The van der Waals surface area contributed by atoms with Gasteiger partial charge < -0.3 is 0 Å². The van der Waals surface area contributed by atoms with Crippen molar-refractivity contribution in [3.8, 4) is 11.3 Å². The summed E-state index contributed by atoms with van der Waals surface area (Å²) in [4.78, 5) is 0. The van der Waals surface area contributed by atoms with Crippen molar-refractivity contribution in [2.45, 2.75) is 13.1 Å². The summed E-state index contributed by atoms with van der Waals surface area (Å²) in [6.07, 6.45) is -4.45. The topological polar surface area (TPSA) is 25.8 Å². The Labute approximate surface area is 106 Å². The fraction of sp³-hybridized carbons (Fsp3) is 0.167. The van der Waals surface area contributed by atoms with Gasteiger partial charge in [-0.3, -0.25) is 0 Å². The zero-order chi connectivity index (χ0) is 13.3. The average Bonchev–Trinajstić information content (AvgIpc) is 2.28. The first kappa shape index (κ1) is 12.8. The molecule has 0 atom stereocenters. The molecule has 2 rings (SSSR count). The molecule has 0 saturated heterocycles. The summed E-state index contributed by atoms with van der Waals surface area (Å²) in [5, 5.41) is 7.39. The minimum atomic E-state index is -4.45. The lowest BCUT2D eigenvalue weighted by molar-refractivity contribution is -0.137. The Bertz CT molecular complexity index is 565. The highest BCUT2D eigenvalue weighted by molar-refractivity contribution is 6.31. The van der Waals surface area contributed by atoms with Crippen molar-refractivity contribution in [1.29, 1.82) is 0 Å². The maximum atomic E-state index is 12.5. The smallest absolute Gasteiger partial charge is 0.166 e. The number of hydrogen-bond acceptors (Lipinski definition) is 2.